The highest BCUT2D eigenvalue weighted by molar-refractivity contribution is 9.10. The highest BCUT2D eigenvalue weighted by Crippen LogP contribution is 2.23. The third-order valence-corrected chi connectivity index (χ3v) is 3.53. The lowest BCUT2D eigenvalue weighted by molar-refractivity contribution is 0.596. The van der Waals surface area contributed by atoms with Crippen LogP contribution >= 0.6 is 15.9 Å². The zero-order valence-corrected chi connectivity index (χ0v) is 11.4. The van der Waals surface area contributed by atoms with Gasteiger partial charge in [-0.25, -0.2) is 13.6 Å². The molecule has 0 aliphatic rings. The predicted molar refractivity (Wildman–Crippen MR) is 69.9 cm³/mol. The van der Waals surface area contributed by atoms with Gasteiger partial charge in [-0.2, -0.15) is 5.26 Å². The van der Waals surface area contributed by atoms with Crippen molar-refractivity contribution in [1.29, 1.82) is 5.26 Å². The standard InChI is InChI=1S/C10H12BrN3O2S/c11-9-6-8(7-12)2-3-10(9)14-4-1-5-17(13,15)16/h2-3,6,14H,1,4-5H2,(H2,13,15,16). The van der Waals surface area contributed by atoms with Gasteiger partial charge in [0.25, 0.3) is 0 Å². The lowest BCUT2D eigenvalue weighted by Crippen LogP contribution is -2.18. The molecule has 0 amide bonds. The Labute approximate surface area is 109 Å². The molecule has 0 bridgehead atoms. The van der Waals surface area contributed by atoms with Crippen molar-refractivity contribution in [2.75, 3.05) is 17.6 Å². The number of anilines is 1. The van der Waals surface area contributed by atoms with E-state index in [4.69, 9.17) is 10.4 Å². The number of nitrogens with one attached hydrogen (secondary N) is 1. The van der Waals surface area contributed by atoms with Crippen LogP contribution in [0.5, 0.6) is 0 Å². The summed E-state index contributed by atoms with van der Waals surface area (Å²) in [6.45, 7) is 0.501. The Balaban J connectivity index is 2.51. The molecule has 0 atom stereocenters. The Kier molecular flexibility index (Phi) is 4.93. The van der Waals surface area contributed by atoms with Gasteiger partial charge >= 0.3 is 0 Å². The molecule has 3 N–H and O–H groups in total. The van der Waals surface area contributed by atoms with Crippen molar-refractivity contribution >= 4 is 31.6 Å². The van der Waals surface area contributed by atoms with Crippen LogP contribution in [0.2, 0.25) is 0 Å². The highest BCUT2D eigenvalue weighted by Gasteiger charge is 2.03. The molecule has 0 saturated heterocycles. The molecule has 1 aromatic rings. The van der Waals surface area contributed by atoms with Gasteiger partial charge < -0.3 is 5.32 Å². The summed E-state index contributed by atoms with van der Waals surface area (Å²) in [5.74, 6) is -0.0477. The Morgan fingerprint density at radius 2 is 2.18 bits per heavy atom. The summed E-state index contributed by atoms with van der Waals surface area (Å²) < 4.78 is 22.2. The first kappa shape index (κ1) is 14.0. The van der Waals surface area contributed by atoms with Crippen LogP contribution in [0.15, 0.2) is 22.7 Å². The van der Waals surface area contributed by atoms with Crippen molar-refractivity contribution in [1.82, 2.24) is 0 Å². The van der Waals surface area contributed by atoms with E-state index >= 15 is 0 Å². The smallest absolute Gasteiger partial charge is 0.209 e. The van der Waals surface area contributed by atoms with Crippen LogP contribution in [0, 0.1) is 11.3 Å². The molecule has 0 aliphatic carbocycles. The number of nitriles is 1. The van der Waals surface area contributed by atoms with E-state index in [9.17, 15) is 8.42 Å². The summed E-state index contributed by atoms with van der Waals surface area (Å²) in [7, 11) is -3.39. The highest BCUT2D eigenvalue weighted by atomic mass is 79.9. The third kappa shape index (κ3) is 5.17. The second-order valence-electron chi connectivity index (χ2n) is 3.45. The molecule has 0 radical (unpaired) electrons. The van der Waals surface area contributed by atoms with E-state index in [-0.39, 0.29) is 5.75 Å². The Hall–Kier alpha value is -1.10. The number of nitrogens with two attached hydrogens (primary N) is 1. The van der Waals surface area contributed by atoms with Crippen LogP contribution in [0.1, 0.15) is 12.0 Å². The van der Waals surface area contributed by atoms with Crippen molar-refractivity contribution in [3.8, 4) is 6.07 Å². The number of hydrogen-bond donors (Lipinski definition) is 2. The molecule has 7 heteroatoms. The summed E-state index contributed by atoms with van der Waals surface area (Å²) in [6.07, 6.45) is 0.436. The van der Waals surface area contributed by atoms with Gasteiger partial charge in [0, 0.05) is 16.7 Å². The first-order valence-corrected chi connectivity index (χ1v) is 7.37. The van der Waals surface area contributed by atoms with Gasteiger partial charge in [-0.15, -0.1) is 0 Å². The summed E-state index contributed by atoms with van der Waals surface area (Å²) in [4.78, 5) is 0. The fraction of sp³-hybridized carbons (Fsp3) is 0.300. The molecule has 92 valence electrons. The number of benzene rings is 1. The Morgan fingerprint density at radius 3 is 2.71 bits per heavy atom. The molecular weight excluding hydrogens is 306 g/mol. The van der Waals surface area contributed by atoms with Gasteiger partial charge in [0.1, 0.15) is 0 Å². The molecule has 0 saturated carbocycles. The van der Waals surface area contributed by atoms with Crippen LogP contribution in [0.25, 0.3) is 0 Å². The fourth-order valence-corrected chi connectivity index (χ4v) is 2.29. The van der Waals surface area contributed by atoms with Gasteiger partial charge in [0.05, 0.1) is 17.4 Å². The Morgan fingerprint density at radius 1 is 1.47 bits per heavy atom. The molecule has 0 heterocycles. The van der Waals surface area contributed by atoms with Crippen molar-refractivity contribution < 1.29 is 8.42 Å². The largest absolute Gasteiger partial charge is 0.384 e. The van der Waals surface area contributed by atoms with Crippen molar-refractivity contribution in [3.63, 3.8) is 0 Å². The van der Waals surface area contributed by atoms with Crippen molar-refractivity contribution in [3.05, 3.63) is 28.2 Å². The normalized spacial score (nSPS) is 10.9. The minimum atomic E-state index is -3.39. The average molecular weight is 318 g/mol. The molecule has 1 aromatic carbocycles. The molecule has 0 aromatic heterocycles. The second kappa shape index (κ2) is 6.00. The number of primary sulfonamides is 1. The summed E-state index contributed by atoms with van der Waals surface area (Å²) >= 11 is 3.32. The molecule has 0 fully saturated rings. The van der Waals surface area contributed by atoms with Crippen LogP contribution in [-0.2, 0) is 10.0 Å². The number of nitrogens with zero attached hydrogens (tertiary/aromatic N) is 1. The lowest BCUT2D eigenvalue weighted by Gasteiger charge is -2.08. The maximum absolute atomic E-state index is 10.7. The van der Waals surface area contributed by atoms with Crippen molar-refractivity contribution in [2.45, 2.75) is 6.42 Å². The van der Waals surface area contributed by atoms with E-state index in [1.165, 1.54) is 0 Å². The number of hydrogen-bond acceptors (Lipinski definition) is 4. The number of sulfonamides is 1. The van der Waals surface area contributed by atoms with E-state index in [1.54, 1.807) is 18.2 Å². The van der Waals surface area contributed by atoms with Crippen LogP contribution < -0.4 is 10.5 Å². The summed E-state index contributed by atoms with van der Waals surface area (Å²) in [5, 5.41) is 16.6. The van der Waals surface area contributed by atoms with Crippen LogP contribution in [-0.4, -0.2) is 20.7 Å². The topological polar surface area (TPSA) is 96.0 Å². The van der Waals surface area contributed by atoms with Gasteiger partial charge in [-0.05, 0) is 40.5 Å². The third-order valence-electron chi connectivity index (χ3n) is 2.02. The maximum atomic E-state index is 10.7. The van der Waals surface area contributed by atoms with E-state index in [0.717, 1.165) is 10.2 Å². The molecule has 1 rings (SSSR count). The van der Waals surface area contributed by atoms with Crippen molar-refractivity contribution in [2.24, 2.45) is 5.14 Å². The lowest BCUT2D eigenvalue weighted by atomic mass is 10.2. The van der Waals surface area contributed by atoms with E-state index in [0.29, 0.717) is 18.5 Å². The molecule has 17 heavy (non-hydrogen) atoms. The molecule has 5 nitrogen and oxygen atoms in total. The van der Waals surface area contributed by atoms with E-state index in [1.807, 2.05) is 6.07 Å². The monoisotopic (exact) mass is 317 g/mol. The summed E-state index contributed by atoms with van der Waals surface area (Å²) in [6, 6.07) is 7.18. The zero-order chi connectivity index (χ0) is 12.9. The fourth-order valence-electron chi connectivity index (χ4n) is 1.22. The first-order chi connectivity index (χ1) is 7.92. The SMILES string of the molecule is N#Cc1ccc(NCCCS(N)(=O)=O)c(Br)c1. The predicted octanol–water partition coefficient (Wildman–Crippen LogP) is 1.41. The Bertz CT molecular complexity index is 537. The van der Waals surface area contributed by atoms with Crippen LogP contribution in [0.4, 0.5) is 5.69 Å². The zero-order valence-electron chi connectivity index (χ0n) is 8.98. The molecule has 0 spiro atoms. The quantitative estimate of drug-likeness (QED) is 0.802. The first-order valence-electron chi connectivity index (χ1n) is 4.86. The van der Waals surface area contributed by atoms with Crippen LogP contribution in [0.3, 0.4) is 0 Å². The second-order valence-corrected chi connectivity index (χ2v) is 6.04. The summed E-state index contributed by atoms with van der Waals surface area (Å²) in [5.41, 5.74) is 1.38. The van der Waals surface area contributed by atoms with E-state index < -0.39 is 10.0 Å². The van der Waals surface area contributed by atoms with Gasteiger partial charge in [0.2, 0.25) is 10.0 Å². The average Bonchev–Trinajstić information content (AvgIpc) is 2.24. The van der Waals surface area contributed by atoms with Gasteiger partial charge in [-0.3, -0.25) is 0 Å². The minimum absolute atomic E-state index is 0.0477. The minimum Gasteiger partial charge on any atom is -0.384 e. The number of rotatable bonds is 5. The van der Waals surface area contributed by atoms with E-state index in [2.05, 4.69) is 21.2 Å². The van der Waals surface area contributed by atoms with Gasteiger partial charge in [-0.1, -0.05) is 0 Å². The number of halogens is 1. The molecule has 0 unspecified atom stereocenters. The molecule has 0 aliphatic heterocycles. The van der Waals surface area contributed by atoms with Gasteiger partial charge in [0.15, 0.2) is 0 Å². The molecular formula is C10H12BrN3O2S. The maximum Gasteiger partial charge on any atom is 0.209 e.